The van der Waals surface area contributed by atoms with Crippen LogP contribution in [0.1, 0.15) is 33.5 Å². The second-order valence-corrected chi connectivity index (χ2v) is 7.29. The normalized spacial score (nSPS) is 12.5. The summed E-state index contributed by atoms with van der Waals surface area (Å²) in [5.41, 5.74) is 2.91. The van der Waals surface area contributed by atoms with Gasteiger partial charge >= 0.3 is 0 Å². The number of nitrogens with one attached hydrogen (secondary N) is 1. The number of amides is 1. The maximum Gasteiger partial charge on any atom is 0.255 e. The fraction of sp³-hybridized carbons (Fsp3) is 0.240. The Morgan fingerprint density at radius 1 is 1.06 bits per heavy atom. The number of para-hydroxylation sites is 1. The van der Waals surface area contributed by atoms with E-state index in [0.29, 0.717) is 41.3 Å². The van der Waals surface area contributed by atoms with E-state index in [9.17, 15) is 9.18 Å². The summed E-state index contributed by atoms with van der Waals surface area (Å²) in [7, 11) is 0. The number of benzene rings is 3. The highest BCUT2D eigenvalue weighted by Crippen LogP contribution is 2.30. The van der Waals surface area contributed by atoms with Crippen molar-refractivity contribution in [3.63, 3.8) is 0 Å². The highest BCUT2D eigenvalue weighted by atomic mass is 19.1. The van der Waals surface area contributed by atoms with Crippen LogP contribution >= 0.6 is 0 Å². The Labute approximate surface area is 180 Å². The molecule has 0 spiro atoms. The third kappa shape index (κ3) is 5.41. The molecule has 0 bridgehead atoms. The second-order valence-electron chi connectivity index (χ2n) is 7.29. The van der Waals surface area contributed by atoms with Gasteiger partial charge in [0, 0.05) is 17.7 Å². The van der Waals surface area contributed by atoms with Crippen LogP contribution in [0.5, 0.6) is 11.5 Å². The van der Waals surface area contributed by atoms with Gasteiger partial charge in [0.1, 0.15) is 23.9 Å². The summed E-state index contributed by atoms with van der Waals surface area (Å²) in [5, 5.41) is 2.95. The predicted molar refractivity (Wildman–Crippen MR) is 115 cm³/mol. The lowest BCUT2D eigenvalue weighted by Crippen LogP contribution is -2.25. The second kappa shape index (κ2) is 10.1. The van der Waals surface area contributed by atoms with Gasteiger partial charge in [0.05, 0.1) is 12.2 Å². The van der Waals surface area contributed by atoms with Crippen molar-refractivity contribution in [3.05, 3.63) is 94.8 Å². The molecule has 31 heavy (non-hydrogen) atoms. The van der Waals surface area contributed by atoms with Crippen LogP contribution in [-0.2, 0) is 24.4 Å². The van der Waals surface area contributed by atoms with Gasteiger partial charge in [-0.1, -0.05) is 42.5 Å². The lowest BCUT2D eigenvalue weighted by molar-refractivity contribution is -0.0178. The molecule has 3 aromatic carbocycles. The molecule has 1 aliphatic heterocycles. The number of hydrogen-bond donors (Lipinski definition) is 1. The summed E-state index contributed by atoms with van der Waals surface area (Å²) < 4.78 is 30.6. The monoisotopic (exact) mass is 421 g/mol. The van der Waals surface area contributed by atoms with E-state index in [1.165, 1.54) is 17.7 Å². The number of aryl methyl sites for hydroxylation is 1. The first-order chi connectivity index (χ1) is 15.2. The molecule has 1 heterocycles. The van der Waals surface area contributed by atoms with E-state index in [4.69, 9.17) is 14.2 Å². The van der Waals surface area contributed by atoms with Crippen LogP contribution in [0.25, 0.3) is 0 Å². The number of rotatable bonds is 8. The molecular weight excluding hydrogens is 397 g/mol. The Morgan fingerprint density at radius 2 is 1.87 bits per heavy atom. The molecule has 3 aromatic rings. The van der Waals surface area contributed by atoms with Gasteiger partial charge in [-0.25, -0.2) is 4.39 Å². The van der Waals surface area contributed by atoms with E-state index in [2.05, 4.69) is 17.4 Å². The van der Waals surface area contributed by atoms with E-state index in [0.717, 1.165) is 12.8 Å². The molecule has 0 fully saturated rings. The van der Waals surface area contributed by atoms with Crippen molar-refractivity contribution in [1.29, 1.82) is 0 Å². The predicted octanol–water partition coefficient (Wildman–Crippen LogP) is 4.63. The van der Waals surface area contributed by atoms with E-state index >= 15 is 0 Å². The van der Waals surface area contributed by atoms with Crippen molar-refractivity contribution in [2.75, 3.05) is 13.3 Å². The Bertz CT molecular complexity index is 1040. The number of carbonyl (C=O) groups is 1. The van der Waals surface area contributed by atoms with Crippen LogP contribution in [-0.4, -0.2) is 19.2 Å². The van der Waals surface area contributed by atoms with E-state index in [1.54, 1.807) is 24.3 Å². The Hall–Kier alpha value is -3.38. The van der Waals surface area contributed by atoms with Gasteiger partial charge in [0.15, 0.2) is 6.79 Å². The minimum atomic E-state index is -0.379. The van der Waals surface area contributed by atoms with Crippen molar-refractivity contribution < 1.29 is 23.4 Å². The molecule has 0 saturated carbocycles. The number of halogens is 1. The van der Waals surface area contributed by atoms with Crippen molar-refractivity contribution in [2.45, 2.75) is 26.1 Å². The van der Waals surface area contributed by atoms with E-state index in [1.807, 2.05) is 18.2 Å². The molecular formula is C25H24FNO4. The van der Waals surface area contributed by atoms with Crippen molar-refractivity contribution >= 4 is 5.91 Å². The first-order valence-corrected chi connectivity index (χ1v) is 10.3. The zero-order valence-electron chi connectivity index (χ0n) is 17.1. The summed E-state index contributed by atoms with van der Waals surface area (Å²) >= 11 is 0. The molecule has 0 unspecified atom stereocenters. The Kier molecular flexibility index (Phi) is 6.79. The topological polar surface area (TPSA) is 56.8 Å². The van der Waals surface area contributed by atoms with E-state index < -0.39 is 0 Å². The first kappa shape index (κ1) is 20.9. The minimum Gasteiger partial charge on any atom is -0.488 e. The molecule has 5 nitrogen and oxygen atoms in total. The lowest BCUT2D eigenvalue weighted by Gasteiger charge is -2.21. The van der Waals surface area contributed by atoms with Gasteiger partial charge in [-0.05, 0) is 42.7 Å². The Morgan fingerprint density at radius 3 is 2.74 bits per heavy atom. The fourth-order valence-corrected chi connectivity index (χ4v) is 3.53. The van der Waals surface area contributed by atoms with Crippen LogP contribution in [0, 0.1) is 5.82 Å². The highest BCUT2D eigenvalue weighted by molar-refractivity contribution is 5.96. The van der Waals surface area contributed by atoms with Gasteiger partial charge in [-0.15, -0.1) is 0 Å². The summed E-state index contributed by atoms with van der Waals surface area (Å²) in [4.78, 5) is 12.7. The zero-order chi connectivity index (χ0) is 21.5. The summed E-state index contributed by atoms with van der Waals surface area (Å²) in [5.74, 6) is 0.439. The standard InChI is InChI=1S/C25H24FNO4/c26-21-13-19-15-29-17-31-24(19)20(14-21)16-30-23-11-5-4-10-22(23)25(28)27-12-6-9-18-7-2-1-3-8-18/h1-5,7-8,10-11,13-14H,6,9,12,15-17H2,(H,27,28). The summed E-state index contributed by atoms with van der Waals surface area (Å²) in [6, 6.07) is 20.0. The highest BCUT2D eigenvalue weighted by Gasteiger charge is 2.18. The van der Waals surface area contributed by atoms with Gasteiger partial charge in [-0.3, -0.25) is 4.79 Å². The third-order valence-corrected chi connectivity index (χ3v) is 5.04. The average Bonchev–Trinajstić information content (AvgIpc) is 2.81. The molecule has 1 aliphatic rings. The average molecular weight is 421 g/mol. The maximum atomic E-state index is 14.0. The summed E-state index contributed by atoms with van der Waals surface area (Å²) in [6.07, 6.45) is 1.74. The van der Waals surface area contributed by atoms with Crippen molar-refractivity contribution in [2.24, 2.45) is 0 Å². The maximum absolute atomic E-state index is 14.0. The first-order valence-electron chi connectivity index (χ1n) is 10.3. The number of hydrogen-bond acceptors (Lipinski definition) is 4. The SMILES string of the molecule is O=C(NCCCc1ccccc1)c1ccccc1OCc1cc(F)cc2c1OCOC2. The molecule has 1 amide bonds. The minimum absolute atomic E-state index is 0.0817. The van der Waals surface area contributed by atoms with Gasteiger partial charge < -0.3 is 19.5 Å². The number of fused-ring (bicyclic) bond motifs is 1. The zero-order valence-corrected chi connectivity index (χ0v) is 17.1. The van der Waals surface area contributed by atoms with Crippen LogP contribution < -0.4 is 14.8 Å². The lowest BCUT2D eigenvalue weighted by atomic mass is 10.1. The molecule has 0 aliphatic carbocycles. The number of carbonyl (C=O) groups excluding carboxylic acids is 1. The van der Waals surface area contributed by atoms with Gasteiger partial charge in [0.25, 0.3) is 5.91 Å². The number of ether oxygens (including phenoxy) is 3. The quantitative estimate of drug-likeness (QED) is 0.539. The van der Waals surface area contributed by atoms with Crippen molar-refractivity contribution in [3.8, 4) is 11.5 Å². The van der Waals surface area contributed by atoms with Gasteiger partial charge in [-0.2, -0.15) is 0 Å². The Balaban J connectivity index is 1.37. The smallest absolute Gasteiger partial charge is 0.255 e. The fourth-order valence-electron chi connectivity index (χ4n) is 3.53. The van der Waals surface area contributed by atoms with Gasteiger partial charge in [0.2, 0.25) is 0 Å². The summed E-state index contributed by atoms with van der Waals surface area (Å²) in [6.45, 7) is 1.06. The van der Waals surface area contributed by atoms with Crippen LogP contribution in [0.15, 0.2) is 66.7 Å². The third-order valence-electron chi connectivity index (χ3n) is 5.04. The molecule has 0 radical (unpaired) electrons. The van der Waals surface area contributed by atoms with E-state index in [-0.39, 0.29) is 25.1 Å². The van der Waals surface area contributed by atoms with Crippen LogP contribution in [0.4, 0.5) is 4.39 Å². The molecule has 4 rings (SSSR count). The molecule has 160 valence electrons. The molecule has 0 aromatic heterocycles. The van der Waals surface area contributed by atoms with Crippen LogP contribution in [0.3, 0.4) is 0 Å². The largest absolute Gasteiger partial charge is 0.488 e. The van der Waals surface area contributed by atoms with Crippen LogP contribution in [0.2, 0.25) is 0 Å². The molecule has 0 saturated heterocycles. The molecule has 1 N–H and O–H groups in total. The molecule has 0 atom stereocenters. The molecule has 6 heteroatoms. The van der Waals surface area contributed by atoms with Crippen molar-refractivity contribution in [1.82, 2.24) is 5.32 Å².